The van der Waals surface area contributed by atoms with Crippen molar-refractivity contribution in [2.45, 2.75) is 25.7 Å². The molecule has 2 aliphatic heterocycles. The minimum Gasteiger partial charge on any atom is -0.342 e. The number of hydrogen-bond donors (Lipinski definition) is 0. The zero-order valence-electron chi connectivity index (χ0n) is 14.3. The third-order valence-electron chi connectivity index (χ3n) is 5.07. The smallest absolute Gasteiger partial charge is 0.324 e. The Hall–Kier alpha value is -1.79. The van der Waals surface area contributed by atoms with Gasteiger partial charge >= 0.3 is 6.01 Å². The van der Waals surface area contributed by atoms with E-state index in [4.69, 9.17) is 27.7 Å². The summed E-state index contributed by atoms with van der Waals surface area (Å²) in [5.41, 5.74) is 0.719. The molecule has 0 saturated carbocycles. The van der Waals surface area contributed by atoms with Crippen LogP contribution in [0.4, 0.5) is 6.01 Å². The second-order valence-corrected chi connectivity index (χ2v) is 7.73. The van der Waals surface area contributed by atoms with E-state index in [2.05, 4.69) is 10.1 Å². The molecule has 0 bridgehead atoms. The molecule has 4 rings (SSSR count). The van der Waals surface area contributed by atoms with E-state index >= 15 is 0 Å². The van der Waals surface area contributed by atoms with Gasteiger partial charge in [-0.05, 0) is 43.9 Å². The van der Waals surface area contributed by atoms with Crippen LogP contribution >= 0.6 is 23.2 Å². The Morgan fingerprint density at radius 2 is 1.69 bits per heavy atom. The molecule has 0 aliphatic carbocycles. The van der Waals surface area contributed by atoms with E-state index in [1.165, 1.54) is 0 Å². The van der Waals surface area contributed by atoms with Crippen molar-refractivity contribution in [2.24, 2.45) is 5.92 Å². The normalized spacial score (nSPS) is 18.5. The van der Waals surface area contributed by atoms with Crippen LogP contribution in [-0.4, -0.2) is 47.1 Å². The number of carbonyl (C=O) groups is 1. The fourth-order valence-electron chi connectivity index (χ4n) is 3.66. The Labute approximate surface area is 162 Å². The lowest BCUT2D eigenvalue weighted by molar-refractivity contribution is -0.135. The quantitative estimate of drug-likeness (QED) is 0.789. The zero-order valence-corrected chi connectivity index (χ0v) is 15.8. The van der Waals surface area contributed by atoms with Crippen molar-refractivity contribution in [3.63, 3.8) is 0 Å². The van der Waals surface area contributed by atoms with Crippen LogP contribution in [0, 0.1) is 5.92 Å². The van der Waals surface area contributed by atoms with Crippen LogP contribution in [0.2, 0.25) is 10.0 Å². The standard InChI is InChI=1S/C18H20Cl2N4O2/c19-14-9-13(10-15(20)11-14)16-21-18(26-22-16)24-7-3-12(4-8-24)17(25)23-5-1-2-6-23/h9-12H,1-8H2. The molecule has 0 N–H and O–H groups in total. The first-order valence-corrected chi connectivity index (χ1v) is 9.69. The maximum absolute atomic E-state index is 12.5. The molecule has 0 radical (unpaired) electrons. The molecule has 26 heavy (non-hydrogen) atoms. The molecule has 6 nitrogen and oxygen atoms in total. The maximum Gasteiger partial charge on any atom is 0.324 e. The molecule has 8 heteroatoms. The molecule has 2 aliphatic rings. The van der Waals surface area contributed by atoms with Crippen molar-refractivity contribution in [2.75, 3.05) is 31.1 Å². The predicted molar refractivity (Wildman–Crippen MR) is 101 cm³/mol. The van der Waals surface area contributed by atoms with Gasteiger partial charge in [0.2, 0.25) is 11.7 Å². The van der Waals surface area contributed by atoms with Gasteiger partial charge in [-0.1, -0.05) is 28.4 Å². The molecule has 2 aromatic rings. The van der Waals surface area contributed by atoms with Crippen LogP contribution in [0.15, 0.2) is 22.7 Å². The van der Waals surface area contributed by atoms with Crippen molar-refractivity contribution < 1.29 is 9.32 Å². The fraction of sp³-hybridized carbons (Fsp3) is 0.500. The van der Waals surface area contributed by atoms with E-state index < -0.39 is 0 Å². The number of likely N-dealkylation sites (tertiary alicyclic amines) is 1. The van der Waals surface area contributed by atoms with E-state index in [0.29, 0.717) is 27.8 Å². The summed E-state index contributed by atoms with van der Waals surface area (Å²) in [5, 5.41) is 5.10. The average molecular weight is 395 g/mol. The molecule has 3 heterocycles. The summed E-state index contributed by atoms with van der Waals surface area (Å²) >= 11 is 12.1. The van der Waals surface area contributed by atoms with Gasteiger partial charge in [0.25, 0.3) is 0 Å². The Morgan fingerprint density at radius 1 is 1.04 bits per heavy atom. The summed E-state index contributed by atoms with van der Waals surface area (Å²) in [6.07, 6.45) is 3.89. The molecule has 0 spiro atoms. The number of carbonyl (C=O) groups excluding carboxylic acids is 1. The Bertz CT molecular complexity index is 776. The van der Waals surface area contributed by atoms with Crippen LogP contribution in [-0.2, 0) is 4.79 Å². The highest BCUT2D eigenvalue weighted by Gasteiger charge is 2.31. The molecular weight excluding hydrogens is 375 g/mol. The lowest BCUT2D eigenvalue weighted by atomic mass is 9.95. The number of hydrogen-bond acceptors (Lipinski definition) is 5. The highest BCUT2D eigenvalue weighted by atomic mass is 35.5. The predicted octanol–water partition coefficient (Wildman–Crippen LogP) is 3.88. The van der Waals surface area contributed by atoms with Gasteiger partial charge in [-0.2, -0.15) is 4.98 Å². The van der Waals surface area contributed by atoms with Gasteiger partial charge in [0.1, 0.15) is 0 Å². The van der Waals surface area contributed by atoms with Crippen LogP contribution in [0.5, 0.6) is 0 Å². The number of aromatic nitrogens is 2. The summed E-state index contributed by atoms with van der Waals surface area (Å²) in [6.45, 7) is 3.30. The highest BCUT2D eigenvalue weighted by Crippen LogP contribution is 2.29. The third-order valence-corrected chi connectivity index (χ3v) is 5.50. The number of piperidine rings is 1. The Balaban J connectivity index is 1.40. The minimum atomic E-state index is 0.110. The topological polar surface area (TPSA) is 62.5 Å². The molecule has 0 unspecified atom stereocenters. The van der Waals surface area contributed by atoms with E-state index in [9.17, 15) is 4.79 Å². The number of amides is 1. The molecule has 2 fully saturated rings. The SMILES string of the molecule is O=C(C1CCN(c2nc(-c3cc(Cl)cc(Cl)c3)no2)CC1)N1CCCC1. The van der Waals surface area contributed by atoms with Gasteiger partial charge in [0, 0.05) is 47.7 Å². The Kier molecular flexibility index (Phi) is 5.05. The van der Waals surface area contributed by atoms with E-state index in [1.54, 1.807) is 18.2 Å². The van der Waals surface area contributed by atoms with Crippen LogP contribution in [0.1, 0.15) is 25.7 Å². The van der Waals surface area contributed by atoms with Crippen molar-refractivity contribution in [1.29, 1.82) is 0 Å². The van der Waals surface area contributed by atoms with Crippen LogP contribution in [0.3, 0.4) is 0 Å². The summed E-state index contributed by atoms with van der Waals surface area (Å²) in [7, 11) is 0. The zero-order chi connectivity index (χ0) is 18.1. The first-order valence-electron chi connectivity index (χ1n) is 8.94. The molecule has 138 valence electrons. The van der Waals surface area contributed by atoms with E-state index in [1.807, 2.05) is 9.80 Å². The van der Waals surface area contributed by atoms with Crippen LogP contribution in [0.25, 0.3) is 11.4 Å². The lowest BCUT2D eigenvalue weighted by Crippen LogP contribution is -2.41. The minimum absolute atomic E-state index is 0.110. The van der Waals surface area contributed by atoms with Gasteiger partial charge in [-0.3, -0.25) is 4.79 Å². The number of rotatable bonds is 3. The molecule has 1 aromatic heterocycles. The van der Waals surface area contributed by atoms with Gasteiger partial charge < -0.3 is 14.3 Å². The molecular formula is C18H20Cl2N4O2. The van der Waals surface area contributed by atoms with Crippen molar-refractivity contribution in [3.8, 4) is 11.4 Å². The maximum atomic E-state index is 12.5. The largest absolute Gasteiger partial charge is 0.342 e. The number of anilines is 1. The monoisotopic (exact) mass is 394 g/mol. The molecule has 0 atom stereocenters. The first kappa shape index (κ1) is 17.6. The summed E-state index contributed by atoms with van der Waals surface area (Å²) in [6, 6.07) is 5.64. The third kappa shape index (κ3) is 3.67. The number of halogens is 2. The van der Waals surface area contributed by atoms with E-state index in [0.717, 1.165) is 57.4 Å². The molecule has 1 amide bonds. The number of nitrogens with zero attached hydrogens (tertiary/aromatic N) is 4. The van der Waals surface area contributed by atoms with E-state index in [-0.39, 0.29) is 5.92 Å². The second-order valence-electron chi connectivity index (χ2n) is 6.85. The van der Waals surface area contributed by atoms with Gasteiger partial charge in [0.05, 0.1) is 0 Å². The van der Waals surface area contributed by atoms with Crippen molar-refractivity contribution in [3.05, 3.63) is 28.2 Å². The fourth-order valence-corrected chi connectivity index (χ4v) is 4.18. The van der Waals surface area contributed by atoms with Crippen LogP contribution < -0.4 is 4.90 Å². The summed E-state index contributed by atoms with van der Waals surface area (Å²) < 4.78 is 5.42. The van der Waals surface area contributed by atoms with Crippen molar-refractivity contribution >= 4 is 35.1 Å². The highest BCUT2D eigenvalue weighted by molar-refractivity contribution is 6.35. The molecule has 1 aromatic carbocycles. The second kappa shape index (κ2) is 7.45. The lowest BCUT2D eigenvalue weighted by Gasteiger charge is -2.31. The van der Waals surface area contributed by atoms with Gasteiger partial charge in [-0.25, -0.2) is 0 Å². The number of benzene rings is 1. The summed E-state index contributed by atoms with van der Waals surface area (Å²) in [5.74, 6) is 0.875. The summed E-state index contributed by atoms with van der Waals surface area (Å²) in [4.78, 5) is 21.0. The van der Waals surface area contributed by atoms with Crippen molar-refractivity contribution in [1.82, 2.24) is 15.0 Å². The van der Waals surface area contributed by atoms with Gasteiger partial charge in [-0.15, -0.1) is 0 Å². The van der Waals surface area contributed by atoms with Gasteiger partial charge in [0.15, 0.2) is 0 Å². The molecule has 2 saturated heterocycles. The Morgan fingerprint density at radius 3 is 2.35 bits per heavy atom. The average Bonchev–Trinajstić information content (AvgIpc) is 3.32. The first-order chi connectivity index (χ1) is 12.6.